The van der Waals surface area contributed by atoms with Crippen molar-refractivity contribution in [3.8, 4) is 11.4 Å². The van der Waals surface area contributed by atoms with Gasteiger partial charge in [-0.25, -0.2) is 13.4 Å². The van der Waals surface area contributed by atoms with Gasteiger partial charge in [0.15, 0.2) is 11.1 Å². The molecule has 186 valence electrons. The van der Waals surface area contributed by atoms with Gasteiger partial charge in [-0.1, -0.05) is 5.16 Å². The fourth-order valence-electron chi connectivity index (χ4n) is 4.24. The summed E-state index contributed by atoms with van der Waals surface area (Å²) in [5, 5.41) is 3.88. The monoisotopic (exact) mass is 497 g/mol. The highest BCUT2D eigenvalue weighted by molar-refractivity contribution is 7.79. The van der Waals surface area contributed by atoms with Crippen LogP contribution in [0.3, 0.4) is 0 Å². The molecule has 0 radical (unpaired) electrons. The lowest BCUT2D eigenvalue weighted by atomic mass is 9.92. The van der Waals surface area contributed by atoms with Gasteiger partial charge in [-0.3, -0.25) is 4.90 Å². The van der Waals surface area contributed by atoms with E-state index < -0.39 is 28.6 Å². The average molecular weight is 498 g/mol. The third-order valence-corrected chi connectivity index (χ3v) is 6.35. The second-order valence-electron chi connectivity index (χ2n) is 9.46. The molecule has 2 fully saturated rings. The lowest BCUT2D eigenvalue weighted by molar-refractivity contribution is -0.131. The molecular formula is C22H28FN3O7S. The second kappa shape index (κ2) is 9.68. The van der Waals surface area contributed by atoms with Crippen LogP contribution >= 0.6 is 0 Å². The van der Waals surface area contributed by atoms with E-state index in [-0.39, 0.29) is 40.9 Å². The molecule has 2 bridgehead atoms. The minimum atomic E-state index is -2.43. The molecule has 0 aliphatic carbocycles. The summed E-state index contributed by atoms with van der Waals surface area (Å²) < 4.78 is 57.0. The van der Waals surface area contributed by atoms with Gasteiger partial charge >= 0.3 is 6.09 Å². The van der Waals surface area contributed by atoms with Gasteiger partial charge in [0.1, 0.15) is 22.4 Å². The largest absolute Gasteiger partial charge is 0.444 e. The molecule has 1 aromatic carbocycles. The molecule has 3 heterocycles. The highest BCUT2D eigenvalue weighted by Gasteiger charge is 2.44. The summed E-state index contributed by atoms with van der Waals surface area (Å²) in [6.07, 6.45) is 0.120. The van der Waals surface area contributed by atoms with Crippen LogP contribution in [-0.4, -0.2) is 66.9 Å². The quantitative estimate of drug-likeness (QED) is 0.616. The molecule has 2 aromatic rings. The number of halogens is 1. The Morgan fingerprint density at radius 2 is 1.97 bits per heavy atom. The molecule has 0 saturated carbocycles. The zero-order valence-corrected chi connectivity index (χ0v) is 20.2. The molecule has 1 N–H and O–H groups in total. The first-order chi connectivity index (χ1) is 16.0. The fraction of sp³-hybridized carbons (Fsp3) is 0.591. The Kier molecular flexibility index (Phi) is 7.04. The first kappa shape index (κ1) is 24.7. The Morgan fingerprint density at radius 1 is 1.29 bits per heavy atom. The molecule has 0 spiro atoms. The molecule has 12 heteroatoms. The summed E-state index contributed by atoms with van der Waals surface area (Å²) in [6, 6.07) is 3.42. The van der Waals surface area contributed by atoms with Gasteiger partial charge in [0.2, 0.25) is 5.82 Å². The van der Waals surface area contributed by atoms with E-state index in [0.717, 1.165) is 6.07 Å². The summed E-state index contributed by atoms with van der Waals surface area (Å²) in [4.78, 5) is 18.5. The molecular weight excluding hydrogens is 469 g/mol. The number of ether oxygens (including phenoxy) is 3. The normalized spacial score (nSPS) is 24.5. The van der Waals surface area contributed by atoms with Gasteiger partial charge in [-0.05, 0) is 58.7 Å². The van der Waals surface area contributed by atoms with Crippen molar-refractivity contribution in [1.29, 1.82) is 0 Å². The van der Waals surface area contributed by atoms with Gasteiger partial charge in [-0.15, -0.1) is 0 Å². The third-order valence-electron chi connectivity index (χ3n) is 5.65. The molecule has 34 heavy (non-hydrogen) atoms. The van der Waals surface area contributed by atoms with Crippen LogP contribution in [0.4, 0.5) is 9.18 Å². The van der Waals surface area contributed by atoms with E-state index in [0.29, 0.717) is 31.6 Å². The predicted octanol–water partition coefficient (Wildman–Crippen LogP) is 3.70. The number of amides is 1. The number of rotatable bonds is 5. The summed E-state index contributed by atoms with van der Waals surface area (Å²) in [5.74, 6) is -0.467. The number of hydrogen-bond donors (Lipinski definition) is 1. The maximum atomic E-state index is 14.0. The number of carbonyl (C=O) groups excluding carboxylic acids is 1. The zero-order chi connectivity index (χ0) is 24.6. The Hall–Kier alpha value is -2.41. The summed E-state index contributed by atoms with van der Waals surface area (Å²) in [7, 11) is 0. The van der Waals surface area contributed by atoms with Gasteiger partial charge < -0.3 is 23.3 Å². The van der Waals surface area contributed by atoms with E-state index >= 15 is 0 Å². The van der Waals surface area contributed by atoms with Crippen LogP contribution in [0.15, 0.2) is 27.6 Å². The number of piperidine rings is 1. The SMILES string of the molecule is CC(OC1CC2COCC(C1)N2C(=O)OC(C)(C)C)c1nc(-c2ccc(S(=O)O)c(F)c2)no1. The van der Waals surface area contributed by atoms with Crippen molar-refractivity contribution < 1.29 is 36.7 Å². The van der Waals surface area contributed by atoms with E-state index in [2.05, 4.69) is 10.1 Å². The van der Waals surface area contributed by atoms with Crippen LogP contribution in [0.25, 0.3) is 11.4 Å². The van der Waals surface area contributed by atoms with Crippen molar-refractivity contribution in [2.45, 2.75) is 75.3 Å². The van der Waals surface area contributed by atoms with Crippen LogP contribution < -0.4 is 0 Å². The van der Waals surface area contributed by atoms with Crippen LogP contribution in [0, 0.1) is 5.82 Å². The van der Waals surface area contributed by atoms with Crippen LogP contribution in [0.1, 0.15) is 52.5 Å². The summed E-state index contributed by atoms with van der Waals surface area (Å²) in [6.45, 7) is 8.11. The molecule has 2 aliphatic heterocycles. The lowest BCUT2D eigenvalue weighted by Gasteiger charge is -2.48. The van der Waals surface area contributed by atoms with Crippen LogP contribution in [-0.2, 0) is 25.3 Å². The van der Waals surface area contributed by atoms with Gasteiger partial charge in [0.25, 0.3) is 5.89 Å². The first-order valence-electron chi connectivity index (χ1n) is 11.0. The predicted molar refractivity (Wildman–Crippen MR) is 118 cm³/mol. The number of aromatic nitrogens is 2. The highest BCUT2D eigenvalue weighted by atomic mass is 32.2. The molecule has 4 atom stereocenters. The van der Waals surface area contributed by atoms with E-state index in [1.165, 1.54) is 12.1 Å². The van der Waals surface area contributed by atoms with E-state index in [1.807, 2.05) is 20.8 Å². The van der Waals surface area contributed by atoms with Crippen molar-refractivity contribution in [3.63, 3.8) is 0 Å². The zero-order valence-electron chi connectivity index (χ0n) is 19.4. The Morgan fingerprint density at radius 3 is 2.56 bits per heavy atom. The molecule has 2 saturated heterocycles. The minimum Gasteiger partial charge on any atom is -0.444 e. The smallest absolute Gasteiger partial charge is 0.410 e. The Bertz CT molecular complexity index is 1060. The van der Waals surface area contributed by atoms with Gasteiger partial charge in [0, 0.05) is 5.56 Å². The molecule has 1 amide bonds. The minimum absolute atomic E-state index is 0.143. The van der Waals surface area contributed by atoms with E-state index in [9.17, 15) is 13.4 Å². The number of benzene rings is 1. The Balaban J connectivity index is 1.41. The molecule has 4 unspecified atom stereocenters. The molecule has 10 nitrogen and oxygen atoms in total. The van der Waals surface area contributed by atoms with E-state index in [4.69, 9.17) is 23.3 Å². The van der Waals surface area contributed by atoms with Crippen molar-refractivity contribution in [2.75, 3.05) is 13.2 Å². The lowest BCUT2D eigenvalue weighted by Crippen LogP contribution is -2.61. The highest BCUT2D eigenvalue weighted by Crippen LogP contribution is 2.33. The number of hydrogen-bond acceptors (Lipinski definition) is 8. The fourth-order valence-corrected chi connectivity index (χ4v) is 4.65. The molecule has 4 rings (SSSR count). The van der Waals surface area contributed by atoms with E-state index in [1.54, 1.807) is 11.8 Å². The van der Waals surface area contributed by atoms with Crippen molar-refractivity contribution in [2.24, 2.45) is 0 Å². The molecule has 2 aliphatic rings. The van der Waals surface area contributed by atoms with Gasteiger partial charge in [-0.2, -0.15) is 4.98 Å². The van der Waals surface area contributed by atoms with Crippen LogP contribution in [0.2, 0.25) is 0 Å². The van der Waals surface area contributed by atoms with Crippen molar-refractivity contribution >= 4 is 17.2 Å². The van der Waals surface area contributed by atoms with Crippen LogP contribution in [0.5, 0.6) is 0 Å². The first-order valence-corrected chi connectivity index (χ1v) is 12.1. The maximum Gasteiger partial charge on any atom is 0.410 e. The summed E-state index contributed by atoms with van der Waals surface area (Å²) in [5.41, 5.74) is -0.270. The maximum absolute atomic E-state index is 14.0. The number of morpholine rings is 1. The number of carbonyl (C=O) groups is 1. The second-order valence-corrected chi connectivity index (χ2v) is 10.4. The standard InChI is InChI=1S/C22H28FN3O7S/c1-12(20-24-19(25-33-20)13-5-6-18(34(28)29)17(23)7-13)31-16-8-14-10-30-11-15(9-16)26(14)21(27)32-22(2,3)4/h5-7,12,14-16H,8-11H2,1-4H3,(H,28,29). The van der Waals surface area contributed by atoms with Crippen molar-refractivity contribution in [3.05, 3.63) is 29.9 Å². The third kappa shape index (κ3) is 5.45. The average Bonchev–Trinajstić information content (AvgIpc) is 3.22. The van der Waals surface area contributed by atoms with Crippen molar-refractivity contribution in [1.82, 2.24) is 15.0 Å². The molecule has 1 aromatic heterocycles. The van der Waals surface area contributed by atoms with Gasteiger partial charge in [0.05, 0.1) is 31.4 Å². The Labute approximate surface area is 199 Å². The topological polar surface area (TPSA) is 124 Å². The summed E-state index contributed by atoms with van der Waals surface area (Å²) >= 11 is -2.43. The number of nitrogens with zero attached hydrogens (tertiary/aromatic N) is 3. The number of fused-ring (bicyclic) bond motifs is 2.